The molecule has 0 aromatic rings. The van der Waals surface area contributed by atoms with Gasteiger partial charge in [-0.15, -0.1) is 0 Å². The average molecular weight is 240 g/mol. The molecule has 2 nitrogen and oxygen atoms in total. The minimum absolute atomic E-state index is 0.0680. The molecular weight excluding hydrogens is 212 g/mol. The van der Waals surface area contributed by atoms with Gasteiger partial charge in [-0.1, -0.05) is 44.8 Å². The van der Waals surface area contributed by atoms with Gasteiger partial charge in [-0.25, -0.2) is 0 Å². The molecule has 1 saturated carbocycles. The van der Waals surface area contributed by atoms with Crippen LogP contribution in [0.2, 0.25) is 0 Å². The molecule has 2 heteroatoms. The molecule has 1 fully saturated rings. The first-order valence-corrected chi connectivity index (χ1v) is 7.00. The van der Waals surface area contributed by atoms with Crippen molar-refractivity contribution in [2.45, 2.75) is 78.1 Å². The number of aliphatic hydroxyl groups excluding tert-OH is 1. The summed E-state index contributed by atoms with van der Waals surface area (Å²) in [4.78, 5) is 0. The van der Waals surface area contributed by atoms with E-state index in [1.54, 1.807) is 0 Å². The highest BCUT2D eigenvalue weighted by molar-refractivity contribution is 4.97. The summed E-state index contributed by atoms with van der Waals surface area (Å²) in [6, 6.07) is 0. The van der Waals surface area contributed by atoms with E-state index in [-0.39, 0.29) is 11.5 Å². The lowest BCUT2D eigenvalue weighted by molar-refractivity contribution is -0.211. The van der Waals surface area contributed by atoms with Crippen LogP contribution in [0.3, 0.4) is 0 Å². The highest BCUT2D eigenvalue weighted by atomic mass is 16.6. The van der Waals surface area contributed by atoms with Crippen molar-refractivity contribution in [3.8, 4) is 0 Å². The van der Waals surface area contributed by atoms with Crippen molar-refractivity contribution in [2.24, 2.45) is 5.92 Å². The van der Waals surface area contributed by atoms with E-state index in [1.165, 1.54) is 24.8 Å². The third-order valence-electron chi connectivity index (χ3n) is 3.83. The Bertz CT molecular complexity index is 248. The lowest BCUT2D eigenvalue weighted by atomic mass is 9.82. The second-order valence-corrected chi connectivity index (χ2v) is 5.71. The SMILES string of the molecule is CCC1(OC(O)C(C)C=C(C)C)CCCCC1. The molecule has 0 radical (unpaired) electrons. The molecule has 0 saturated heterocycles. The van der Waals surface area contributed by atoms with Gasteiger partial charge in [0.1, 0.15) is 0 Å². The van der Waals surface area contributed by atoms with E-state index in [2.05, 4.69) is 26.8 Å². The molecular formula is C15H28O2. The first-order valence-electron chi connectivity index (χ1n) is 7.00. The average Bonchev–Trinajstić information content (AvgIpc) is 2.29. The van der Waals surface area contributed by atoms with Gasteiger partial charge in [0.2, 0.25) is 0 Å². The van der Waals surface area contributed by atoms with Crippen LogP contribution < -0.4 is 0 Å². The molecule has 0 aromatic heterocycles. The molecule has 1 N–H and O–H groups in total. The van der Waals surface area contributed by atoms with E-state index in [4.69, 9.17) is 4.74 Å². The number of rotatable bonds is 5. The zero-order valence-electron chi connectivity index (χ0n) is 11.8. The maximum atomic E-state index is 10.1. The van der Waals surface area contributed by atoms with Gasteiger partial charge in [0.15, 0.2) is 6.29 Å². The normalized spacial score (nSPS) is 22.9. The fourth-order valence-electron chi connectivity index (χ4n) is 2.72. The van der Waals surface area contributed by atoms with Crippen molar-refractivity contribution < 1.29 is 9.84 Å². The number of ether oxygens (including phenoxy) is 1. The fourth-order valence-corrected chi connectivity index (χ4v) is 2.72. The quantitative estimate of drug-likeness (QED) is 0.580. The number of allylic oxidation sites excluding steroid dienone is 1. The number of hydrogen-bond acceptors (Lipinski definition) is 2. The highest BCUT2D eigenvalue weighted by Gasteiger charge is 2.34. The number of hydrogen-bond donors (Lipinski definition) is 1. The molecule has 100 valence electrons. The van der Waals surface area contributed by atoms with Crippen LogP contribution in [0.4, 0.5) is 0 Å². The maximum Gasteiger partial charge on any atom is 0.161 e. The summed E-state index contributed by atoms with van der Waals surface area (Å²) in [5.41, 5.74) is 1.16. The van der Waals surface area contributed by atoms with Gasteiger partial charge in [0.25, 0.3) is 0 Å². The van der Waals surface area contributed by atoms with E-state index in [0.29, 0.717) is 0 Å². The third-order valence-corrected chi connectivity index (χ3v) is 3.83. The van der Waals surface area contributed by atoms with Crippen LogP contribution in [-0.2, 0) is 4.74 Å². The molecule has 1 rings (SSSR count). The molecule has 0 aliphatic heterocycles. The summed E-state index contributed by atoms with van der Waals surface area (Å²) in [5.74, 6) is 0.0744. The minimum Gasteiger partial charge on any atom is -0.367 e. The van der Waals surface area contributed by atoms with Crippen molar-refractivity contribution in [1.29, 1.82) is 0 Å². The highest BCUT2D eigenvalue weighted by Crippen LogP contribution is 2.36. The fraction of sp³-hybridized carbons (Fsp3) is 0.867. The van der Waals surface area contributed by atoms with E-state index in [1.807, 2.05) is 6.92 Å². The Morgan fingerprint density at radius 2 is 1.88 bits per heavy atom. The predicted octanol–water partition coefficient (Wildman–Crippen LogP) is 4.04. The van der Waals surface area contributed by atoms with Gasteiger partial charge < -0.3 is 9.84 Å². The summed E-state index contributed by atoms with van der Waals surface area (Å²) >= 11 is 0. The van der Waals surface area contributed by atoms with Crippen molar-refractivity contribution >= 4 is 0 Å². The second kappa shape index (κ2) is 6.55. The largest absolute Gasteiger partial charge is 0.367 e. The van der Waals surface area contributed by atoms with Crippen LogP contribution in [0.25, 0.3) is 0 Å². The molecule has 1 aliphatic rings. The van der Waals surface area contributed by atoms with E-state index in [9.17, 15) is 5.11 Å². The maximum absolute atomic E-state index is 10.1. The van der Waals surface area contributed by atoms with Gasteiger partial charge in [0.05, 0.1) is 5.60 Å². The molecule has 17 heavy (non-hydrogen) atoms. The minimum atomic E-state index is -0.664. The molecule has 2 atom stereocenters. The Hall–Kier alpha value is -0.340. The summed E-state index contributed by atoms with van der Waals surface area (Å²) in [6.45, 7) is 8.30. The van der Waals surface area contributed by atoms with Gasteiger partial charge in [-0.05, 0) is 33.1 Å². The number of aliphatic hydroxyl groups is 1. The standard InChI is InChI=1S/C15H28O2/c1-5-15(9-7-6-8-10-15)17-14(16)13(4)11-12(2)3/h11,13-14,16H,5-10H2,1-4H3. The van der Waals surface area contributed by atoms with Gasteiger partial charge >= 0.3 is 0 Å². The van der Waals surface area contributed by atoms with E-state index in [0.717, 1.165) is 19.3 Å². The molecule has 0 heterocycles. The monoisotopic (exact) mass is 240 g/mol. The molecule has 0 bridgehead atoms. The molecule has 2 unspecified atom stereocenters. The van der Waals surface area contributed by atoms with Crippen LogP contribution >= 0.6 is 0 Å². The van der Waals surface area contributed by atoms with E-state index < -0.39 is 6.29 Å². The Morgan fingerprint density at radius 1 is 1.29 bits per heavy atom. The first-order chi connectivity index (χ1) is 7.99. The Morgan fingerprint density at radius 3 is 2.35 bits per heavy atom. The molecule has 1 aliphatic carbocycles. The summed E-state index contributed by atoms with van der Waals surface area (Å²) in [5, 5.41) is 10.1. The van der Waals surface area contributed by atoms with Crippen LogP contribution in [0.15, 0.2) is 11.6 Å². The van der Waals surface area contributed by atoms with Crippen molar-refractivity contribution in [3.63, 3.8) is 0 Å². The lowest BCUT2D eigenvalue weighted by Crippen LogP contribution is -2.40. The van der Waals surface area contributed by atoms with Crippen LogP contribution in [-0.4, -0.2) is 17.0 Å². The molecule has 0 spiro atoms. The topological polar surface area (TPSA) is 29.5 Å². The van der Waals surface area contributed by atoms with E-state index >= 15 is 0 Å². The van der Waals surface area contributed by atoms with Crippen molar-refractivity contribution in [2.75, 3.05) is 0 Å². The summed E-state index contributed by atoms with van der Waals surface area (Å²) in [6.07, 6.45) is 8.40. The van der Waals surface area contributed by atoms with Crippen LogP contribution in [0, 0.1) is 5.92 Å². The Kier molecular flexibility index (Phi) is 5.68. The Balaban J connectivity index is 2.58. The summed E-state index contributed by atoms with van der Waals surface area (Å²) < 4.78 is 6.00. The van der Waals surface area contributed by atoms with Crippen LogP contribution in [0.1, 0.15) is 66.2 Å². The zero-order chi connectivity index (χ0) is 12.9. The van der Waals surface area contributed by atoms with Crippen molar-refractivity contribution in [1.82, 2.24) is 0 Å². The first kappa shape index (κ1) is 14.7. The Labute approximate surface area is 106 Å². The predicted molar refractivity (Wildman–Crippen MR) is 71.8 cm³/mol. The van der Waals surface area contributed by atoms with Crippen LogP contribution in [0.5, 0.6) is 0 Å². The van der Waals surface area contributed by atoms with Gasteiger partial charge in [-0.2, -0.15) is 0 Å². The van der Waals surface area contributed by atoms with Gasteiger partial charge in [-0.3, -0.25) is 0 Å². The summed E-state index contributed by atoms with van der Waals surface area (Å²) in [7, 11) is 0. The van der Waals surface area contributed by atoms with Gasteiger partial charge in [0, 0.05) is 5.92 Å². The zero-order valence-corrected chi connectivity index (χ0v) is 11.8. The molecule has 0 amide bonds. The third kappa shape index (κ3) is 4.44. The smallest absolute Gasteiger partial charge is 0.161 e. The molecule has 0 aromatic carbocycles. The lowest BCUT2D eigenvalue weighted by Gasteiger charge is -2.39. The second-order valence-electron chi connectivity index (χ2n) is 5.71. The van der Waals surface area contributed by atoms with Crippen molar-refractivity contribution in [3.05, 3.63) is 11.6 Å².